The highest BCUT2D eigenvalue weighted by molar-refractivity contribution is 6.90. The minimum Gasteiger partial charge on any atom is -0.514 e. The Kier molecular flexibility index (Phi) is 15.6. The molecule has 0 amide bonds. The van der Waals surface area contributed by atoms with Gasteiger partial charge < -0.3 is 11.1 Å². The van der Waals surface area contributed by atoms with Gasteiger partial charge in [-0.1, -0.05) is 0 Å². The summed E-state index contributed by atoms with van der Waals surface area (Å²) in [7, 11) is 0. The van der Waals surface area contributed by atoms with Gasteiger partial charge in [0.1, 0.15) is 5.82 Å². The summed E-state index contributed by atoms with van der Waals surface area (Å²) in [5.74, 6) is -99.0. The van der Waals surface area contributed by atoms with Crippen LogP contribution in [0.15, 0.2) is 0 Å². The number of hydrogen-bond donors (Lipinski definition) is 0. The zero-order chi connectivity index (χ0) is 55.2. The van der Waals surface area contributed by atoms with E-state index in [9.17, 15) is 70.2 Å². The summed E-state index contributed by atoms with van der Waals surface area (Å²) in [4.78, 5) is 0. The molecule has 384 valence electrons. The molecule has 0 saturated carbocycles. The van der Waals surface area contributed by atoms with Crippen LogP contribution in [0.3, 0.4) is 0 Å². The van der Waals surface area contributed by atoms with Gasteiger partial charge in [-0.2, -0.15) is 0 Å². The van der Waals surface area contributed by atoms with Crippen LogP contribution in [0.1, 0.15) is 5.56 Å². The molecule has 36 heteroatoms. The largest absolute Gasteiger partial charge is 0.858 e. The van der Waals surface area contributed by atoms with E-state index < -0.39 is 243 Å². The second kappa shape index (κ2) is 20.3. The van der Waals surface area contributed by atoms with Crippen molar-refractivity contribution in [3.05, 3.63) is 174 Å². The van der Waals surface area contributed by atoms with E-state index in [0.717, 1.165) is 0 Å². The maximum absolute atomic E-state index is 16.0. The van der Waals surface area contributed by atoms with E-state index in [1.165, 1.54) is 0 Å². The van der Waals surface area contributed by atoms with Crippen molar-refractivity contribution in [3.63, 3.8) is 0 Å². The molecule has 0 bridgehead atoms. The Morgan fingerprint density at radius 3 is 0.479 bits per heavy atom. The SMILES string of the molecule is Cc1c(F)c(F)c(F)c(B([O][Al]([O]B(c2c(F)c(F)c(F)c(F)c2F)c2c(F)c(F)c(F)c(F)c2F)[O]B(c2c(F)c(F)c(F)c(F)c2F)c2c(F)c(F)c(F)c(F)c2F)c2c(F)c(F)c(F)c(F)c2F)c1F. The quantitative estimate of drug-likeness (QED) is 0.0543. The molecule has 0 aromatic heterocycles. The molecule has 0 spiro atoms. The van der Waals surface area contributed by atoms with Gasteiger partial charge in [-0.15, -0.1) is 0 Å². The highest BCUT2D eigenvalue weighted by Gasteiger charge is 2.54. The number of rotatable bonds is 12. The van der Waals surface area contributed by atoms with Gasteiger partial charge in [-0.25, -0.2) is 127 Å². The molecule has 0 heterocycles. The smallest absolute Gasteiger partial charge is 0.514 e. The number of benzene rings is 6. The molecule has 0 unspecified atom stereocenters. The van der Waals surface area contributed by atoms with Crippen LogP contribution in [-0.2, 0) is 11.1 Å². The molecule has 6 rings (SSSR count). The lowest BCUT2D eigenvalue weighted by molar-refractivity contribution is 0.317. The second-order valence-electron chi connectivity index (χ2n) is 14.0. The van der Waals surface area contributed by atoms with E-state index >= 15 is 57.1 Å². The summed E-state index contributed by atoms with van der Waals surface area (Å²) >= 11 is -7.34. The molecule has 0 N–H and O–H groups in total. The monoisotopic (exact) mass is 1110 g/mol. The van der Waals surface area contributed by atoms with Crippen LogP contribution in [0.5, 0.6) is 0 Å². The van der Waals surface area contributed by atoms with Gasteiger partial charge in [0.05, 0.1) is 0 Å². The van der Waals surface area contributed by atoms with Gasteiger partial charge >= 0.3 is 35.9 Å². The maximum Gasteiger partial charge on any atom is 0.858 e. The molecule has 0 aliphatic heterocycles. The summed E-state index contributed by atoms with van der Waals surface area (Å²) < 4.78 is 451. The molecular weight excluding hydrogens is 1100 g/mol. The van der Waals surface area contributed by atoms with E-state index in [0.29, 0.717) is 0 Å². The van der Waals surface area contributed by atoms with Gasteiger partial charge in [-0.3, -0.25) is 0 Å². The molecule has 0 aliphatic carbocycles. The summed E-state index contributed by atoms with van der Waals surface area (Å²) in [5.41, 5.74) is -21.1. The Hall–Kier alpha value is -6.10. The van der Waals surface area contributed by atoms with Crippen LogP contribution in [-0.4, -0.2) is 35.9 Å². The molecule has 6 aromatic rings. The lowest BCUT2D eigenvalue weighted by atomic mass is 9.54. The molecule has 73 heavy (non-hydrogen) atoms. The second-order valence-corrected chi connectivity index (χ2v) is 15.4. The molecule has 3 nitrogen and oxygen atoms in total. The first-order valence-corrected chi connectivity index (χ1v) is 19.5. The van der Waals surface area contributed by atoms with E-state index in [2.05, 4.69) is 11.1 Å². The summed E-state index contributed by atoms with van der Waals surface area (Å²) in [6.07, 6.45) is 0. The summed E-state index contributed by atoms with van der Waals surface area (Å²) in [6.45, 7) is -14.2. The fourth-order valence-corrected chi connectivity index (χ4v) is 8.21. The Balaban J connectivity index is 1.87. The Morgan fingerprint density at radius 2 is 0.315 bits per heavy atom. The zero-order valence-electron chi connectivity index (χ0n) is 33.5. The maximum atomic E-state index is 16.0. The Labute approximate surface area is 388 Å². The van der Waals surface area contributed by atoms with Gasteiger partial charge in [0.15, 0.2) is 163 Å². The van der Waals surface area contributed by atoms with Gasteiger partial charge in [0.25, 0.3) is 0 Å². The highest BCUT2D eigenvalue weighted by Crippen LogP contribution is 2.27. The summed E-state index contributed by atoms with van der Waals surface area (Å²) in [6, 6.07) is 0. The molecule has 6 aromatic carbocycles. The standard InChI is InChI=1S/C13H3BF9O.2C12BF10O.Al/c1-2-5(15)3(7(17)10(20)6(2)16)14(24)4-8(18)11(21)13(23)12(22)9(4)19;2*14-3-1(4(15)8(19)11(22)7(3)18)13(24)2-5(16)9(20)12(23)10(21)6(2)17;/h1H3;;;/q3*-1;+3. The molecule has 0 aliphatic rings. The van der Waals surface area contributed by atoms with Gasteiger partial charge in [0.2, 0.25) is 0 Å². The van der Waals surface area contributed by atoms with Crippen LogP contribution in [0.4, 0.5) is 127 Å². The highest BCUT2D eigenvalue weighted by atomic mass is 27.3. The average molecular weight is 1110 g/mol. The van der Waals surface area contributed by atoms with E-state index in [4.69, 9.17) is 0 Å². The first-order valence-electron chi connectivity index (χ1n) is 18.1. The van der Waals surface area contributed by atoms with E-state index in [1.807, 2.05) is 0 Å². The van der Waals surface area contributed by atoms with Crippen molar-refractivity contribution in [3.8, 4) is 0 Å². The first kappa shape index (κ1) is 56.2. The Morgan fingerprint density at radius 1 is 0.192 bits per heavy atom. The molecule has 0 fully saturated rings. The van der Waals surface area contributed by atoms with Crippen LogP contribution in [0.2, 0.25) is 0 Å². The lowest BCUT2D eigenvalue weighted by Gasteiger charge is -2.29. The van der Waals surface area contributed by atoms with Crippen molar-refractivity contribution in [2.75, 3.05) is 0 Å². The van der Waals surface area contributed by atoms with Crippen molar-refractivity contribution < 1.29 is 138 Å². The molecule has 0 saturated heterocycles. The minimum absolute atomic E-state index is 0.00101. The van der Waals surface area contributed by atoms with Crippen molar-refractivity contribution in [1.82, 2.24) is 0 Å². The van der Waals surface area contributed by atoms with Crippen LogP contribution in [0.25, 0.3) is 0 Å². The number of halogens is 29. The average Bonchev–Trinajstić information content (AvgIpc) is 3.35. The van der Waals surface area contributed by atoms with Crippen LogP contribution < -0.4 is 32.8 Å². The normalized spacial score (nSPS) is 11.6. The third-order valence-electron chi connectivity index (χ3n) is 10.1. The lowest BCUT2D eigenvalue weighted by Crippen LogP contribution is -2.63. The van der Waals surface area contributed by atoms with Crippen LogP contribution >= 0.6 is 0 Å². The van der Waals surface area contributed by atoms with E-state index in [-0.39, 0.29) is 6.92 Å². The van der Waals surface area contributed by atoms with Gasteiger partial charge in [-0.05, 0) is 6.92 Å². The number of hydrogen-bond acceptors (Lipinski definition) is 3. The van der Waals surface area contributed by atoms with Crippen molar-refractivity contribution in [2.45, 2.75) is 6.92 Å². The zero-order valence-corrected chi connectivity index (χ0v) is 34.6. The fraction of sp³-hybridized carbons (Fsp3) is 0.0270. The molecule has 0 atom stereocenters. The van der Waals surface area contributed by atoms with Crippen molar-refractivity contribution in [1.29, 1.82) is 0 Å². The molecule has 0 radical (unpaired) electrons. The predicted octanol–water partition coefficient (Wildman–Crippen LogP) is 7.78. The van der Waals surface area contributed by atoms with Crippen molar-refractivity contribution in [2.24, 2.45) is 0 Å². The predicted molar refractivity (Wildman–Crippen MR) is 186 cm³/mol. The fourth-order valence-electron chi connectivity index (χ4n) is 6.54. The first-order chi connectivity index (χ1) is 33.8. The minimum atomic E-state index is -7.34. The molecular formula is C37H3AlB3F29O3. The van der Waals surface area contributed by atoms with Gasteiger partial charge in [0, 0.05) is 38.3 Å². The Bertz CT molecular complexity index is 2620. The third kappa shape index (κ3) is 8.90. The van der Waals surface area contributed by atoms with Crippen LogP contribution in [0, 0.1) is 176 Å². The van der Waals surface area contributed by atoms with Crippen molar-refractivity contribution >= 4 is 68.7 Å². The van der Waals surface area contributed by atoms with E-state index in [1.54, 1.807) is 0 Å². The third-order valence-corrected chi connectivity index (χ3v) is 11.5. The topological polar surface area (TPSA) is 27.7 Å². The summed E-state index contributed by atoms with van der Waals surface area (Å²) in [5, 5.41) is 0.